The number of rotatable bonds is 23. The third-order valence-corrected chi connectivity index (χ3v) is 5.92. The number of hydrogen-bond acceptors (Lipinski definition) is 2. The van der Waals surface area contributed by atoms with E-state index in [9.17, 15) is 4.79 Å². The lowest BCUT2D eigenvalue weighted by molar-refractivity contribution is -0.143. The number of ether oxygens (including phenoxy) is 1. The molecule has 0 N–H and O–H groups in total. The van der Waals surface area contributed by atoms with Gasteiger partial charge in [-0.3, -0.25) is 4.79 Å². The molecule has 0 saturated carbocycles. The minimum Gasteiger partial charge on any atom is -0.466 e. The lowest BCUT2D eigenvalue weighted by Crippen LogP contribution is -2.05. The second-order valence-corrected chi connectivity index (χ2v) is 9.52. The van der Waals surface area contributed by atoms with Gasteiger partial charge in [0.1, 0.15) is 0 Å². The van der Waals surface area contributed by atoms with Gasteiger partial charge in [0.15, 0.2) is 0 Å². The zero-order valence-corrected chi connectivity index (χ0v) is 20.5. The van der Waals surface area contributed by atoms with Gasteiger partial charge in [-0.2, -0.15) is 0 Å². The van der Waals surface area contributed by atoms with Crippen LogP contribution in [0, 0.1) is 5.92 Å². The lowest BCUT2D eigenvalue weighted by Gasteiger charge is -2.06. The predicted octanol–water partition coefficient (Wildman–Crippen LogP) is 9.40. The van der Waals surface area contributed by atoms with Crippen molar-refractivity contribution in [1.82, 2.24) is 0 Å². The Morgan fingerprint density at radius 2 is 1.00 bits per heavy atom. The Balaban J connectivity index is 3.14. The fraction of sp³-hybridized carbons (Fsp3) is 0.963. The van der Waals surface area contributed by atoms with Crippen molar-refractivity contribution in [2.75, 3.05) is 6.61 Å². The predicted molar refractivity (Wildman–Crippen MR) is 128 cm³/mol. The lowest BCUT2D eigenvalue weighted by atomic mass is 10.0. The SMILES string of the molecule is CCCCCCCCCCC(=O)OCCCCCCCCCCCCCC(C)C. The van der Waals surface area contributed by atoms with Crippen LogP contribution in [0.5, 0.6) is 0 Å². The summed E-state index contributed by atoms with van der Waals surface area (Å²) < 4.78 is 5.37. The van der Waals surface area contributed by atoms with E-state index >= 15 is 0 Å². The Kier molecular flexibility index (Phi) is 23.3. The smallest absolute Gasteiger partial charge is 0.305 e. The molecular formula is C27H54O2. The van der Waals surface area contributed by atoms with Crippen LogP contribution in [0.25, 0.3) is 0 Å². The summed E-state index contributed by atoms with van der Waals surface area (Å²) >= 11 is 0. The Labute approximate surface area is 184 Å². The van der Waals surface area contributed by atoms with Crippen LogP contribution in [0.3, 0.4) is 0 Å². The van der Waals surface area contributed by atoms with Crippen molar-refractivity contribution in [2.24, 2.45) is 5.92 Å². The van der Waals surface area contributed by atoms with Gasteiger partial charge in [0, 0.05) is 6.42 Å². The fourth-order valence-electron chi connectivity index (χ4n) is 3.91. The molecule has 29 heavy (non-hydrogen) atoms. The van der Waals surface area contributed by atoms with E-state index in [0.717, 1.165) is 18.8 Å². The highest BCUT2D eigenvalue weighted by Gasteiger charge is 2.02. The number of unbranched alkanes of at least 4 members (excludes halogenated alkanes) is 17. The zero-order chi connectivity index (χ0) is 21.4. The molecule has 174 valence electrons. The van der Waals surface area contributed by atoms with Gasteiger partial charge >= 0.3 is 5.97 Å². The number of esters is 1. The first-order valence-electron chi connectivity index (χ1n) is 13.3. The van der Waals surface area contributed by atoms with E-state index in [0.29, 0.717) is 13.0 Å². The van der Waals surface area contributed by atoms with Gasteiger partial charge in [-0.05, 0) is 18.8 Å². The number of carbonyl (C=O) groups excluding carboxylic acids is 1. The molecule has 0 rings (SSSR count). The maximum absolute atomic E-state index is 11.7. The van der Waals surface area contributed by atoms with Gasteiger partial charge in [0.25, 0.3) is 0 Å². The molecule has 0 heterocycles. The van der Waals surface area contributed by atoms with E-state index in [-0.39, 0.29) is 5.97 Å². The molecule has 0 aromatic rings. The van der Waals surface area contributed by atoms with Crippen molar-refractivity contribution in [3.8, 4) is 0 Å². The van der Waals surface area contributed by atoms with Crippen molar-refractivity contribution in [3.63, 3.8) is 0 Å². The molecule has 2 heteroatoms. The van der Waals surface area contributed by atoms with Gasteiger partial charge < -0.3 is 4.74 Å². The van der Waals surface area contributed by atoms with E-state index < -0.39 is 0 Å². The summed E-state index contributed by atoms with van der Waals surface area (Å²) in [6.07, 6.45) is 27.0. The van der Waals surface area contributed by atoms with Crippen LogP contribution in [0.15, 0.2) is 0 Å². The third kappa shape index (κ3) is 25.4. The van der Waals surface area contributed by atoms with Crippen molar-refractivity contribution in [3.05, 3.63) is 0 Å². The molecule has 0 aliphatic rings. The fourth-order valence-corrected chi connectivity index (χ4v) is 3.91. The normalized spacial score (nSPS) is 11.3. The quantitative estimate of drug-likeness (QED) is 0.124. The molecular weight excluding hydrogens is 356 g/mol. The highest BCUT2D eigenvalue weighted by Crippen LogP contribution is 2.14. The highest BCUT2D eigenvalue weighted by atomic mass is 16.5. The number of hydrogen-bond donors (Lipinski definition) is 0. The van der Waals surface area contributed by atoms with Gasteiger partial charge in [-0.25, -0.2) is 0 Å². The Morgan fingerprint density at radius 1 is 0.586 bits per heavy atom. The largest absolute Gasteiger partial charge is 0.466 e. The Bertz CT molecular complexity index is 324. The van der Waals surface area contributed by atoms with Crippen LogP contribution in [0.2, 0.25) is 0 Å². The van der Waals surface area contributed by atoms with E-state index in [1.165, 1.54) is 116 Å². The monoisotopic (exact) mass is 410 g/mol. The minimum atomic E-state index is 0.0179. The van der Waals surface area contributed by atoms with Crippen LogP contribution >= 0.6 is 0 Å². The molecule has 0 aliphatic heterocycles. The van der Waals surface area contributed by atoms with Crippen molar-refractivity contribution in [1.29, 1.82) is 0 Å². The summed E-state index contributed by atoms with van der Waals surface area (Å²) in [6, 6.07) is 0. The van der Waals surface area contributed by atoms with Crippen LogP contribution in [0.1, 0.15) is 156 Å². The molecule has 0 atom stereocenters. The van der Waals surface area contributed by atoms with Gasteiger partial charge in [-0.15, -0.1) is 0 Å². The summed E-state index contributed by atoms with van der Waals surface area (Å²) in [5, 5.41) is 0. The molecule has 0 radical (unpaired) electrons. The summed E-state index contributed by atoms with van der Waals surface area (Å²) in [7, 11) is 0. The molecule has 0 aromatic carbocycles. The first-order chi connectivity index (χ1) is 14.2. The molecule has 0 amide bonds. The zero-order valence-electron chi connectivity index (χ0n) is 20.5. The first-order valence-corrected chi connectivity index (χ1v) is 13.3. The number of carbonyl (C=O) groups is 1. The summed E-state index contributed by atoms with van der Waals surface area (Å²) in [5.41, 5.74) is 0. The van der Waals surface area contributed by atoms with Gasteiger partial charge in [0.2, 0.25) is 0 Å². The third-order valence-electron chi connectivity index (χ3n) is 5.92. The van der Waals surface area contributed by atoms with Crippen LogP contribution < -0.4 is 0 Å². The maximum Gasteiger partial charge on any atom is 0.305 e. The summed E-state index contributed by atoms with van der Waals surface area (Å²) in [5.74, 6) is 0.887. The summed E-state index contributed by atoms with van der Waals surface area (Å²) in [6.45, 7) is 7.53. The standard InChI is InChI=1S/C27H54O2/c1-4-5-6-7-8-15-18-21-24-27(28)29-25-22-19-16-13-11-9-10-12-14-17-20-23-26(2)3/h26H,4-25H2,1-3H3. The molecule has 0 bridgehead atoms. The first kappa shape index (κ1) is 28.5. The van der Waals surface area contributed by atoms with Crippen molar-refractivity contribution >= 4 is 5.97 Å². The average molecular weight is 411 g/mol. The Hall–Kier alpha value is -0.530. The van der Waals surface area contributed by atoms with E-state index in [4.69, 9.17) is 4.74 Å². The topological polar surface area (TPSA) is 26.3 Å². The minimum absolute atomic E-state index is 0.0179. The molecule has 0 unspecified atom stereocenters. The molecule has 0 fully saturated rings. The molecule has 0 aliphatic carbocycles. The van der Waals surface area contributed by atoms with Crippen LogP contribution in [0.4, 0.5) is 0 Å². The van der Waals surface area contributed by atoms with Crippen LogP contribution in [-0.2, 0) is 9.53 Å². The molecule has 0 spiro atoms. The maximum atomic E-state index is 11.7. The molecule has 2 nitrogen and oxygen atoms in total. The average Bonchev–Trinajstić information content (AvgIpc) is 2.70. The van der Waals surface area contributed by atoms with Gasteiger partial charge in [0.05, 0.1) is 6.61 Å². The second-order valence-electron chi connectivity index (χ2n) is 9.52. The van der Waals surface area contributed by atoms with E-state index in [2.05, 4.69) is 20.8 Å². The molecule has 0 aromatic heterocycles. The van der Waals surface area contributed by atoms with Gasteiger partial charge in [-0.1, -0.05) is 136 Å². The van der Waals surface area contributed by atoms with E-state index in [1.54, 1.807) is 0 Å². The van der Waals surface area contributed by atoms with Crippen molar-refractivity contribution in [2.45, 2.75) is 156 Å². The summed E-state index contributed by atoms with van der Waals surface area (Å²) in [4.78, 5) is 11.7. The molecule has 0 saturated heterocycles. The second kappa shape index (κ2) is 23.7. The Morgan fingerprint density at radius 3 is 1.48 bits per heavy atom. The van der Waals surface area contributed by atoms with Crippen LogP contribution in [-0.4, -0.2) is 12.6 Å². The van der Waals surface area contributed by atoms with E-state index in [1.807, 2.05) is 0 Å². The highest BCUT2D eigenvalue weighted by molar-refractivity contribution is 5.69. The van der Waals surface area contributed by atoms with Crippen molar-refractivity contribution < 1.29 is 9.53 Å².